The number of rotatable bonds is 3. The summed E-state index contributed by atoms with van der Waals surface area (Å²) in [5.74, 6) is -1.64. The molecule has 9 nitrogen and oxygen atoms in total. The van der Waals surface area contributed by atoms with Crippen LogP contribution in [0.15, 0.2) is 0 Å². The van der Waals surface area contributed by atoms with Gasteiger partial charge in [-0.15, -0.1) is 0 Å². The van der Waals surface area contributed by atoms with Gasteiger partial charge in [0.25, 0.3) is 0 Å². The molecule has 0 aromatic carbocycles. The highest BCUT2D eigenvalue weighted by molar-refractivity contribution is 7.57. The SMILES string of the molecule is CP(=O)(O)C[C@H]1CCC(=O)N2CCC[C@H](OC(=O)O)N2C1=O. The van der Waals surface area contributed by atoms with Gasteiger partial charge in [0.05, 0.1) is 0 Å². The summed E-state index contributed by atoms with van der Waals surface area (Å²) in [4.78, 5) is 45.0. The number of amides is 2. The van der Waals surface area contributed by atoms with Crippen molar-refractivity contribution in [3.8, 4) is 0 Å². The molecule has 0 aromatic heterocycles. The van der Waals surface area contributed by atoms with E-state index in [0.29, 0.717) is 13.0 Å². The van der Waals surface area contributed by atoms with Crippen LogP contribution in [0.25, 0.3) is 0 Å². The van der Waals surface area contributed by atoms with Crippen LogP contribution in [0.5, 0.6) is 0 Å². The number of hydrazine groups is 1. The van der Waals surface area contributed by atoms with E-state index < -0.39 is 31.6 Å². The van der Waals surface area contributed by atoms with Crippen molar-refractivity contribution in [2.24, 2.45) is 5.92 Å². The van der Waals surface area contributed by atoms with Crippen molar-refractivity contribution in [3.05, 3.63) is 0 Å². The summed E-state index contributed by atoms with van der Waals surface area (Å²) in [5.41, 5.74) is 0. The molecule has 2 aliphatic heterocycles. The molecule has 2 saturated heterocycles. The lowest BCUT2D eigenvalue weighted by atomic mass is 10.0. The van der Waals surface area contributed by atoms with Gasteiger partial charge in [0.2, 0.25) is 11.8 Å². The highest BCUT2D eigenvalue weighted by atomic mass is 31.2. The molecule has 22 heavy (non-hydrogen) atoms. The monoisotopic (exact) mass is 334 g/mol. The van der Waals surface area contributed by atoms with Crippen LogP contribution < -0.4 is 0 Å². The minimum atomic E-state index is -3.44. The zero-order valence-corrected chi connectivity index (χ0v) is 13.1. The van der Waals surface area contributed by atoms with Gasteiger partial charge in [-0.05, 0) is 12.8 Å². The molecule has 3 atom stereocenters. The number of carboxylic acid groups (broad SMARTS) is 1. The number of carbonyl (C=O) groups excluding carboxylic acids is 2. The second kappa shape index (κ2) is 6.26. The highest BCUT2D eigenvalue weighted by Gasteiger charge is 2.44. The molecule has 10 heteroatoms. The summed E-state index contributed by atoms with van der Waals surface area (Å²) >= 11 is 0. The predicted octanol–water partition coefficient (Wildman–Crippen LogP) is 0.683. The average molecular weight is 334 g/mol. The van der Waals surface area contributed by atoms with Gasteiger partial charge in [0.15, 0.2) is 13.6 Å². The molecule has 0 saturated carbocycles. The van der Waals surface area contributed by atoms with Crippen molar-refractivity contribution < 1.29 is 33.7 Å². The fraction of sp³-hybridized carbons (Fsp3) is 0.750. The van der Waals surface area contributed by atoms with E-state index in [0.717, 1.165) is 11.7 Å². The van der Waals surface area contributed by atoms with Gasteiger partial charge in [-0.1, -0.05) is 0 Å². The lowest BCUT2D eigenvalue weighted by Gasteiger charge is -2.42. The molecule has 0 bridgehead atoms. The Morgan fingerprint density at radius 2 is 2.09 bits per heavy atom. The van der Waals surface area contributed by atoms with Gasteiger partial charge >= 0.3 is 6.16 Å². The Balaban J connectivity index is 2.28. The van der Waals surface area contributed by atoms with Crippen molar-refractivity contribution in [1.82, 2.24) is 10.0 Å². The van der Waals surface area contributed by atoms with E-state index in [9.17, 15) is 23.8 Å². The molecule has 2 amide bonds. The van der Waals surface area contributed by atoms with Crippen LogP contribution in [0.4, 0.5) is 4.79 Å². The smallest absolute Gasteiger partial charge is 0.450 e. The third-order valence-electron chi connectivity index (χ3n) is 3.72. The zero-order chi connectivity index (χ0) is 16.5. The van der Waals surface area contributed by atoms with Crippen LogP contribution in [-0.2, 0) is 18.9 Å². The Morgan fingerprint density at radius 3 is 2.68 bits per heavy atom. The molecular weight excluding hydrogens is 315 g/mol. The van der Waals surface area contributed by atoms with E-state index in [4.69, 9.17) is 9.84 Å². The summed E-state index contributed by atoms with van der Waals surface area (Å²) < 4.78 is 16.3. The van der Waals surface area contributed by atoms with Crippen LogP contribution in [0, 0.1) is 5.92 Å². The van der Waals surface area contributed by atoms with E-state index in [2.05, 4.69) is 0 Å². The number of ether oxygens (including phenoxy) is 1. The van der Waals surface area contributed by atoms with Crippen molar-refractivity contribution in [1.29, 1.82) is 0 Å². The van der Waals surface area contributed by atoms with Crippen LogP contribution in [0.3, 0.4) is 0 Å². The van der Waals surface area contributed by atoms with Crippen LogP contribution in [0.1, 0.15) is 25.7 Å². The Morgan fingerprint density at radius 1 is 1.41 bits per heavy atom. The highest BCUT2D eigenvalue weighted by Crippen LogP contribution is 2.40. The van der Waals surface area contributed by atoms with Crippen LogP contribution in [0.2, 0.25) is 0 Å². The number of hydrogen-bond acceptors (Lipinski definition) is 5. The second-order valence-corrected chi connectivity index (χ2v) is 8.12. The molecule has 1 unspecified atom stereocenters. The van der Waals surface area contributed by atoms with Crippen LogP contribution >= 0.6 is 7.37 Å². The number of fused-ring (bicyclic) bond motifs is 1. The Labute approximate surface area is 127 Å². The summed E-state index contributed by atoms with van der Waals surface area (Å²) in [5, 5.41) is 11.0. The fourth-order valence-electron chi connectivity index (χ4n) is 2.85. The zero-order valence-electron chi connectivity index (χ0n) is 12.2. The van der Waals surface area contributed by atoms with Crippen molar-refractivity contribution in [2.75, 3.05) is 19.4 Å². The topological polar surface area (TPSA) is 124 Å². The van der Waals surface area contributed by atoms with E-state index in [1.165, 1.54) is 5.01 Å². The van der Waals surface area contributed by atoms with Gasteiger partial charge in [0, 0.05) is 38.1 Å². The maximum Gasteiger partial charge on any atom is 0.507 e. The molecule has 2 N–H and O–H groups in total. The third-order valence-corrected chi connectivity index (χ3v) is 4.84. The summed E-state index contributed by atoms with van der Waals surface area (Å²) in [6.07, 6.45) is -1.78. The first-order valence-corrected chi connectivity index (χ1v) is 9.30. The van der Waals surface area contributed by atoms with Crippen molar-refractivity contribution >= 4 is 25.3 Å². The summed E-state index contributed by atoms with van der Waals surface area (Å²) in [6, 6.07) is 0. The van der Waals surface area contributed by atoms with E-state index >= 15 is 0 Å². The number of carbonyl (C=O) groups is 3. The first-order valence-electron chi connectivity index (χ1n) is 7.01. The molecule has 2 rings (SSSR count). The number of hydrogen-bond donors (Lipinski definition) is 2. The quantitative estimate of drug-likeness (QED) is 0.574. The predicted molar refractivity (Wildman–Crippen MR) is 74.0 cm³/mol. The maximum atomic E-state index is 12.6. The maximum absolute atomic E-state index is 12.6. The third kappa shape index (κ3) is 3.78. The molecular formula is C12H19N2O7P. The van der Waals surface area contributed by atoms with Gasteiger partial charge in [-0.3, -0.25) is 14.2 Å². The molecule has 2 heterocycles. The number of nitrogens with zero attached hydrogens (tertiary/aromatic N) is 2. The van der Waals surface area contributed by atoms with E-state index in [-0.39, 0.29) is 31.3 Å². The summed E-state index contributed by atoms with van der Waals surface area (Å²) in [6.45, 7) is 1.46. The standard InChI is InChI=1S/C12H19N2O7P/c1-22(19,20)7-8-4-5-9(15)13-6-2-3-10(21-12(17)18)14(13)11(8)16/h8,10H,2-7H2,1H3,(H,17,18)(H,19,20)/t8-,10+/m1/s1. The largest absolute Gasteiger partial charge is 0.507 e. The van der Waals surface area contributed by atoms with Gasteiger partial charge in [0.1, 0.15) is 0 Å². The molecule has 0 spiro atoms. The molecule has 2 aliphatic rings. The normalized spacial score (nSPS) is 28.6. The minimum absolute atomic E-state index is 0.0761. The minimum Gasteiger partial charge on any atom is -0.450 e. The second-order valence-electron chi connectivity index (χ2n) is 5.65. The first-order chi connectivity index (χ1) is 10.2. The van der Waals surface area contributed by atoms with Gasteiger partial charge in [-0.25, -0.2) is 14.8 Å². The van der Waals surface area contributed by atoms with E-state index in [1.807, 2.05) is 0 Å². The Kier molecular flexibility index (Phi) is 4.77. The summed E-state index contributed by atoms with van der Waals surface area (Å²) in [7, 11) is -3.44. The fourth-order valence-corrected chi connectivity index (χ4v) is 4.00. The Hall–Kier alpha value is -1.60. The lowest BCUT2D eigenvalue weighted by Crippen LogP contribution is -2.59. The average Bonchev–Trinajstić information content (AvgIpc) is 2.50. The van der Waals surface area contributed by atoms with Crippen molar-refractivity contribution in [3.63, 3.8) is 0 Å². The molecule has 124 valence electrons. The van der Waals surface area contributed by atoms with Crippen LogP contribution in [-0.4, -0.2) is 63.6 Å². The molecule has 0 aromatic rings. The van der Waals surface area contributed by atoms with Gasteiger partial charge < -0.3 is 14.7 Å². The first kappa shape index (κ1) is 16.8. The Bertz CT molecular complexity index is 532. The molecule has 0 aliphatic carbocycles. The van der Waals surface area contributed by atoms with Gasteiger partial charge in [-0.2, -0.15) is 0 Å². The molecule has 2 fully saturated rings. The van der Waals surface area contributed by atoms with E-state index in [1.54, 1.807) is 0 Å². The lowest BCUT2D eigenvalue weighted by molar-refractivity contribution is -0.196. The van der Waals surface area contributed by atoms with Crippen molar-refractivity contribution in [2.45, 2.75) is 31.9 Å². The molecule has 0 radical (unpaired) electrons.